The molecule has 2 aromatic rings. The van der Waals surface area contributed by atoms with Crippen molar-refractivity contribution in [1.82, 2.24) is 24.9 Å². The van der Waals surface area contributed by atoms with Gasteiger partial charge in [-0.25, -0.2) is 0 Å². The summed E-state index contributed by atoms with van der Waals surface area (Å²) in [6.07, 6.45) is 5.73. The van der Waals surface area contributed by atoms with E-state index in [4.69, 9.17) is 4.74 Å². The van der Waals surface area contributed by atoms with Gasteiger partial charge in [0.1, 0.15) is 6.10 Å². The van der Waals surface area contributed by atoms with Gasteiger partial charge in [-0.05, 0) is 19.4 Å². The molecule has 0 unspecified atom stereocenters. The van der Waals surface area contributed by atoms with Crippen LogP contribution < -0.4 is 5.32 Å². The zero-order valence-electron chi connectivity index (χ0n) is 12.2. The highest BCUT2D eigenvalue weighted by molar-refractivity contribution is 5.93. The molecule has 1 fully saturated rings. The Kier molecular flexibility index (Phi) is 3.74. The Morgan fingerprint density at radius 3 is 3.05 bits per heavy atom. The minimum absolute atomic E-state index is 0.0436. The molecule has 0 bridgehead atoms. The molecule has 7 nitrogen and oxygen atoms in total. The molecule has 2 aromatic heterocycles. The molecule has 1 amide bonds. The number of aromatic nitrogens is 4. The molecule has 1 aliphatic rings. The summed E-state index contributed by atoms with van der Waals surface area (Å²) < 4.78 is 9.27. The van der Waals surface area contributed by atoms with E-state index in [2.05, 4.69) is 15.5 Å². The van der Waals surface area contributed by atoms with Crippen molar-refractivity contribution >= 4 is 5.91 Å². The number of carbonyl (C=O) groups excluding carboxylic acids is 1. The van der Waals surface area contributed by atoms with E-state index in [0.717, 1.165) is 18.7 Å². The highest BCUT2D eigenvalue weighted by Gasteiger charge is 2.33. The van der Waals surface area contributed by atoms with Gasteiger partial charge in [-0.1, -0.05) is 0 Å². The molecule has 3 heterocycles. The van der Waals surface area contributed by atoms with Crippen LogP contribution in [0.3, 0.4) is 0 Å². The van der Waals surface area contributed by atoms with Crippen LogP contribution in [-0.4, -0.2) is 38.1 Å². The summed E-state index contributed by atoms with van der Waals surface area (Å²) in [4.78, 5) is 12.3. The number of nitrogens with zero attached hydrogens (tertiary/aromatic N) is 4. The lowest BCUT2D eigenvalue weighted by atomic mass is 10.1. The van der Waals surface area contributed by atoms with Crippen LogP contribution in [0.15, 0.2) is 24.7 Å². The lowest BCUT2D eigenvalue weighted by molar-refractivity contribution is 0.0792. The number of hydrogen-bond donors (Lipinski definition) is 1. The normalized spacial score (nSPS) is 21.6. The quantitative estimate of drug-likeness (QED) is 0.907. The van der Waals surface area contributed by atoms with Crippen molar-refractivity contribution in [3.05, 3.63) is 35.9 Å². The Hall–Kier alpha value is -2.15. The van der Waals surface area contributed by atoms with Gasteiger partial charge in [0.25, 0.3) is 5.91 Å². The van der Waals surface area contributed by atoms with Gasteiger partial charge < -0.3 is 10.1 Å². The minimum atomic E-state index is -0.150. The minimum Gasteiger partial charge on any atom is -0.370 e. The molecule has 0 spiro atoms. The molecule has 21 heavy (non-hydrogen) atoms. The Bertz CT molecular complexity index is 633. The third-order valence-electron chi connectivity index (χ3n) is 3.78. The van der Waals surface area contributed by atoms with Gasteiger partial charge in [-0.15, -0.1) is 0 Å². The Morgan fingerprint density at radius 2 is 2.38 bits per heavy atom. The van der Waals surface area contributed by atoms with Crippen LogP contribution in [-0.2, 0) is 18.3 Å². The first kappa shape index (κ1) is 13.8. The fraction of sp³-hybridized carbons (Fsp3) is 0.500. The summed E-state index contributed by atoms with van der Waals surface area (Å²) in [6, 6.07) is 1.88. The number of amides is 1. The average Bonchev–Trinajstić information content (AvgIpc) is 3.18. The van der Waals surface area contributed by atoms with Crippen molar-refractivity contribution in [1.29, 1.82) is 0 Å². The molecule has 3 rings (SSSR count). The van der Waals surface area contributed by atoms with Gasteiger partial charge in [0.15, 0.2) is 0 Å². The molecule has 0 saturated carbocycles. The first-order chi connectivity index (χ1) is 10.2. The fourth-order valence-corrected chi connectivity index (χ4v) is 2.60. The van der Waals surface area contributed by atoms with Gasteiger partial charge in [-0.3, -0.25) is 14.2 Å². The van der Waals surface area contributed by atoms with E-state index in [-0.39, 0.29) is 18.1 Å². The number of ether oxygens (including phenoxy) is 1. The van der Waals surface area contributed by atoms with Crippen LogP contribution >= 0.6 is 0 Å². The molecule has 1 aliphatic heterocycles. The predicted molar refractivity (Wildman–Crippen MR) is 75.7 cm³/mol. The third kappa shape index (κ3) is 2.69. The maximum atomic E-state index is 12.3. The van der Waals surface area contributed by atoms with Crippen molar-refractivity contribution in [3.8, 4) is 0 Å². The van der Waals surface area contributed by atoms with Crippen molar-refractivity contribution < 1.29 is 9.53 Å². The number of rotatable bonds is 4. The van der Waals surface area contributed by atoms with E-state index in [1.807, 2.05) is 20.0 Å². The summed E-state index contributed by atoms with van der Waals surface area (Å²) in [5.74, 6) is -0.114. The van der Waals surface area contributed by atoms with E-state index in [9.17, 15) is 4.79 Å². The molecule has 2 atom stereocenters. The summed E-state index contributed by atoms with van der Waals surface area (Å²) >= 11 is 0. The molecule has 0 radical (unpaired) electrons. The average molecular weight is 289 g/mol. The second-order valence-electron chi connectivity index (χ2n) is 5.12. The fourth-order valence-electron chi connectivity index (χ4n) is 2.60. The SMILES string of the molecule is CCn1cc(C(=O)N[C@H]2CCO[C@@H]2c2ccnn2C)cn1. The molecule has 112 valence electrons. The summed E-state index contributed by atoms with van der Waals surface area (Å²) in [6.45, 7) is 3.37. The smallest absolute Gasteiger partial charge is 0.254 e. The third-order valence-corrected chi connectivity index (χ3v) is 3.78. The molecular weight excluding hydrogens is 270 g/mol. The Morgan fingerprint density at radius 1 is 1.52 bits per heavy atom. The molecule has 0 aliphatic carbocycles. The van der Waals surface area contributed by atoms with E-state index in [0.29, 0.717) is 12.2 Å². The number of aryl methyl sites for hydroxylation is 2. The first-order valence-electron chi connectivity index (χ1n) is 7.12. The van der Waals surface area contributed by atoms with Crippen LogP contribution in [0.2, 0.25) is 0 Å². The standard InChI is InChI=1S/C14H19N5O2/c1-3-19-9-10(8-16-19)14(20)17-11-5-7-21-13(11)12-4-6-15-18(12)2/h4,6,8-9,11,13H,3,5,7H2,1-2H3,(H,17,20)/t11-,13-/m0/s1. The highest BCUT2D eigenvalue weighted by atomic mass is 16.5. The number of hydrogen-bond acceptors (Lipinski definition) is 4. The second kappa shape index (κ2) is 5.69. The molecule has 1 saturated heterocycles. The number of carbonyl (C=O) groups is 1. The Labute approximate surface area is 122 Å². The largest absolute Gasteiger partial charge is 0.370 e. The van der Waals surface area contributed by atoms with Gasteiger partial charge >= 0.3 is 0 Å². The first-order valence-corrected chi connectivity index (χ1v) is 7.12. The van der Waals surface area contributed by atoms with Crippen LogP contribution in [0.4, 0.5) is 0 Å². The lowest BCUT2D eigenvalue weighted by Crippen LogP contribution is -2.37. The zero-order valence-corrected chi connectivity index (χ0v) is 12.2. The van der Waals surface area contributed by atoms with Crippen molar-refractivity contribution in [3.63, 3.8) is 0 Å². The molecule has 0 aromatic carbocycles. The van der Waals surface area contributed by atoms with Crippen LogP contribution in [0, 0.1) is 0 Å². The van der Waals surface area contributed by atoms with Crippen LogP contribution in [0.5, 0.6) is 0 Å². The summed E-state index contributed by atoms with van der Waals surface area (Å²) in [5, 5.41) is 11.3. The van der Waals surface area contributed by atoms with E-state index < -0.39 is 0 Å². The zero-order chi connectivity index (χ0) is 14.8. The van der Waals surface area contributed by atoms with Crippen LogP contribution in [0.25, 0.3) is 0 Å². The van der Waals surface area contributed by atoms with Gasteiger partial charge in [-0.2, -0.15) is 10.2 Å². The Balaban J connectivity index is 1.71. The second-order valence-corrected chi connectivity index (χ2v) is 5.12. The molecule has 7 heteroatoms. The predicted octanol–water partition coefficient (Wildman–Crippen LogP) is 0.896. The molecule has 1 N–H and O–H groups in total. The van der Waals surface area contributed by atoms with Crippen molar-refractivity contribution in [2.45, 2.75) is 32.0 Å². The van der Waals surface area contributed by atoms with Gasteiger partial charge in [0.2, 0.25) is 0 Å². The van der Waals surface area contributed by atoms with E-state index in [1.54, 1.807) is 28.0 Å². The van der Waals surface area contributed by atoms with E-state index >= 15 is 0 Å². The lowest BCUT2D eigenvalue weighted by Gasteiger charge is -2.19. The summed E-state index contributed by atoms with van der Waals surface area (Å²) in [5.41, 5.74) is 1.55. The molecular formula is C14H19N5O2. The van der Waals surface area contributed by atoms with Gasteiger partial charge in [0.05, 0.1) is 23.5 Å². The summed E-state index contributed by atoms with van der Waals surface area (Å²) in [7, 11) is 1.88. The van der Waals surface area contributed by atoms with Crippen molar-refractivity contribution in [2.24, 2.45) is 7.05 Å². The topological polar surface area (TPSA) is 74.0 Å². The van der Waals surface area contributed by atoms with Crippen LogP contribution in [0.1, 0.15) is 35.5 Å². The highest BCUT2D eigenvalue weighted by Crippen LogP contribution is 2.28. The maximum absolute atomic E-state index is 12.3. The van der Waals surface area contributed by atoms with E-state index in [1.165, 1.54) is 0 Å². The maximum Gasteiger partial charge on any atom is 0.254 e. The monoisotopic (exact) mass is 289 g/mol. The number of nitrogens with one attached hydrogen (secondary N) is 1. The van der Waals surface area contributed by atoms with Crippen molar-refractivity contribution in [2.75, 3.05) is 6.61 Å². The van der Waals surface area contributed by atoms with Gasteiger partial charge in [0, 0.05) is 32.6 Å².